The second kappa shape index (κ2) is 2.62. The number of hydrogen-bond acceptors (Lipinski definition) is 2. The van der Waals surface area contributed by atoms with Crippen LogP contribution < -0.4 is 5.43 Å². The minimum atomic E-state index is -1.07. The normalized spacial score (nSPS) is 16.1. The standard InChI is InChI=1S/C5H5ClN2O2/c6-4-1-2-8(5(9)10)7-3-4/h1-3,7H,(H,9,10). The topological polar surface area (TPSA) is 52.6 Å². The van der Waals surface area contributed by atoms with Gasteiger partial charge in [-0.25, -0.2) is 4.79 Å². The molecule has 1 heterocycles. The lowest BCUT2D eigenvalue weighted by Gasteiger charge is -2.16. The second-order valence-corrected chi connectivity index (χ2v) is 2.06. The minimum absolute atomic E-state index is 0.470. The Morgan fingerprint density at radius 1 is 1.80 bits per heavy atom. The van der Waals surface area contributed by atoms with E-state index in [4.69, 9.17) is 16.7 Å². The Labute approximate surface area is 62.4 Å². The third-order valence-electron chi connectivity index (χ3n) is 0.930. The lowest BCUT2D eigenvalue weighted by molar-refractivity contribution is 0.152. The average Bonchev–Trinajstić information content (AvgIpc) is 1.88. The summed E-state index contributed by atoms with van der Waals surface area (Å²) in [5.74, 6) is 0. The van der Waals surface area contributed by atoms with E-state index in [0.29, 0.717) is 5.03 Å². The summed E-state index contributed by atoms with van der Waals surface area (Å²) in [6, 6.07) is 0. The van der Waals surface area contributed by atoms with Crippen molar-refractivity contribution in [3.63, 3.8) is 0 Å². The van der Waals surface area contributed by atoms with Crippen molar-refractivity contribution in [3.05, 3.63) is 23.5 Å². The average molecular weight is 161 g/mol. The molecule has 1 amide bonds. The third kappa shape index (κ3) is 1.41. The summed E-state index contributed by atoms with van der Waals surface area (Å²) in [7, 11) is 0. The maximum Gasteiger partial charge on any atom is 0.430 e. The van der Waals surface area contributed by atoms with Gasteiger partial charge in [-0.15, -0.1) is 0 Å². The summed E-state index contributed by atoms with van der Waals surface area (Å²) in [5.41, 5.74) is 2.42. The summed E-state index contributed by atoms with van der Waals surface area (Å²) < 4.78 is 0. The van der Waals surface area contributed by atoms with E-state index in [0.717, 1.165) is 5.01 Å². The second-order valence-electron chi connectivity index (χ2n) is 1.63. The van der Waals surface area contributed by atoms with E-state index in [1.807, 2.05) is 0 Å². The fourth-order valence-electron chi connectivity index (χ4n) is 0.487. The lowest BCUT2D eigenvalue weighted by atomic mass is 10.5. The number of allylic oxidation sites excluding steroid dienone is 2. The summed E-state index contributed by atoms with van der Waals surface area (Å²) in [6.45, 7) is 0. The van der Waals surface area contributed by atoms with E-state index in [1.165, 1.54) is 18.5 Å². The first-order valence-electron chi connectivity index (χ1n) is 2.52. The number of hydrazine groups is 1. The highest BCUT2D eigenvalue weighted by atomic mass is 35.5. The van der Waals surface area contributed by atoms with Gasteiger partial charge in [-0.2, -0.15) is 5.01 Å². The van der Waals surface area contributed by atoms with Gasteiger partial charge in [0.15, 0.2) is 0 Å². The van der Waals surface area contributed by atoms with Gasteiger partial charge < -0.3 is 5.11 Å². The van der Waals surface area contributed by atoms with E-state index in [9.17, 15) is 4.79 Å². The molecule has 0 aromatic rings. The molecule has 1 aliphatic rings. The van der Waals surface area contributed by atoms with Crippen molar-refractivity contribution in [2.75, 3.05) is 0 Å². The highest BCUT2D eigenvalue weighted by molar-refractivity contribution is 6.31. The Bertz CT molecular complexity index is 212. The zero-order chi connectivity index (χ0) is 7.56. The van der Waals surface area contributed by atoms with Crippen molar-refractivity contribution < 1.29 is 9.90 Å². The molecule has 0 aliphatic carbocycles. The maximum atomic E-state index is 10.2. The van der Waals surface area contributed by atoms with Gasteiger partial charge in [0.25, 0.3) is 0 Å². The summed E-state index contributed by atoms with van der Waals surface area (Å²) in [5, 5.41) is 9.73. The molecule has 0 aromatic heterocycles. The molecule has 0 saturated heterocycles. The predicted octanol–water partition coefficient (Wildman–Crippen LogP) is 1.08. The van der Waals surface area contributed by atoms with Crippen LogP contribution in [0.2, 0.25) is 0 Å². The molecular weight excluding hydrogens is 156 g/mol. The number of carboxylic acid groups (broad SMARTS) is 1. The van der Waals surface area contributed by atoms with Crippen LogP contribution in [0.1, 0.15) is 0 Å². The first-order chi connectivity index (χ1) is 4.70. The van der Waals surface area contributed by atoms with Crippen LogP contribution in [-0.4, -0.2) is 16.2 Å². The number of hydrogen-bond donors (Lipinski definition) is 2. The Balaban J connectivity index is 2.60. The Morgan fingerprint density at radius 3 is 2.90 bits per heavy atom. The minimum Gasteiger partial charge on any atom is -0.463 e. The quantitative estimate of drug-likeness (QED) is 0.558. The monoisotopic (exact) mass is 160 g/mol. The van der Waals surface area contributed by atoms with Gasteiger partial charge >= 0.3 is 6.09 Å². The van der Waals surface area contributed by atoms with Gasteiger partial charge in [-0.1, -0.05) is 11.6 Å². The summed E-state index contributed by atoms with van der Waals surface area (Å²) >= 11 is 5.48. The molecule has 0 atom stereocenters. The Morgan fingerprint density at radius 2 is 2.50 bits per heavy atom. The molecule has 0 saturated carbocycles. The van der Waals surface area contributed by atoms with Crippen molar-refractivity contribution in [3.8, 4) is 0 Å². The van der Waals surface area contributed by atoms with Crippen LogP contribution in [0.25, 0.3) is 0 Å². The molecule has 1 aliphatic heterocycles. The number of nitrogens with one attached hydrogen (secondary N) is 1. The van der Waals surface area contributed by atoms with Gasteiger partial charge in [0.05, 0.1) is 5.03 Å². The van der Waals surface area contributed by atoms with Crippen molar-refractivity contribution in [1.29, 1.82) is 0 Å². The summed E-state index contributed by atoms with van der Waals surface area (Å²) in [6.07, 6.45) is 3.11. The van der Waals surface area contributed by atoms with Gasteiger partial charge in [0.1, 0.15) is 0 Å². The predicted molar refractivity (Wildman–Crippen MR) is 36.1 cm³/mol. The van der Waals surface area contributed by atoms with Crippen LogP contribution in [-0.2, 0) is 0 Å². The van der Waals surface area contributed by atoms with Gasteiger partial charge in [-0.05, 0) is 6.08 Å². The highest BCUT2D eigenvalue weighted by Crippen LogP contribution is 2.06. The van der Waals surface area contributed by atoms with Crippen molar-refractivity contribution >= 4 is 17.7 Å². The first kappa shape index (κ1) is 6.95. The van der Waals surface area contributed by atoms with Crippen molar-refractivity contribution in [1.82, 2.24) is 10.4 Å². The third-order valence-corrected chi connectivity index (χ3v) is 1.17. The van der Waals surface area contributed by atoms with E-state index < -0.39 is 6.09 Å². The van der Waals surface area contributed by atoms with Crippen LogP contribution in [0.3, 0.4) is 0 Å². The van der Waals surface area contributed by atoms with Gasteiger partial charge in [-0.3, -0.25) is 5.43 Å². The first-order valence-corrected chi connectivity index (χ1v) is 2.90. The van der Waals surface area contributed by atoms with E-state index in [1.54, 1.807) is 0 Å². The number of carbonyl (C=O) groups is 1. The molecule has 5 heteroatoms. The van der Waals surface area contributed by atoms with Crippen LogP contribution in [0.5, 0.6) is 0 Å². The molecule has 1 rings (SSSR count). The van der Waals surface area contributed by atoms with E-state index in [2.05, 4.69) is 5.43 Å². The highest BCUT2D eigenvalue weighted by Gasteiger charge is 2.08. The number of halogens is 1. The number of nitrogens with zero attached hydrogens (tertiary/aromatic N) is 1. The molecule has 10 heavy (non-hydrogen) atoms. The molecule has 0 unspecified atom stereocenters. The smallest absolute Gasteiger partial charge is 0.430 e. The zero-order valence-electron chi connectivity index (χ0n) is 4.91. The molecule has 0 fully saturated rings. The molecular formula is C5H5ClN2O2. The number of amides is 1. The lowest BCUT2D eigenvalue weighted by Crippen LogP contribution is -2.35. The fourth-order valence-corrected chi connectivity index (χ4v) is 0.592. The molecule has 54 valence electrons. The summed E-state index contributed by atoms with van der Waals surface area (Å²) in [4.78, 5) is 10.2. The van der Waals surface area contributed by atoms with Gasteiger partial charge in [0, 0.05) is 12.4 Å². The Kier molecular flexibility index (Phi) is 1.82. The van der Waals surface area contributed by atoms with E-state index in [-0.39, 0.29) is 0 Å². The fraction of sp³-hybridized carbons (Fsp3) is 0. The largest absolute Gasteiger partial charge is 0.463 e. The van der Waals surface area contributed by atoms with E-state index >= 15 is 0 Å². The Hall–Kier alpha value is -1.16. The van der Waals surface area contributed by atoms with Crippen molar-refractivity contribution in [2.24, 2.45) is 0 Å². The van der Waals surface area contributed by atoms with Crippen LogP contribution in [0.4, 0.5) is 4.79 Å². The maximum absolute atomic E-state index is 10.2. The van der Waals surface area contributed by atoms with Gasteiger partial charge in [0.2, 0.25) is 0 Å². The molecule has 0 aromatic carbocycles. The molecule has 4 nitrogen and oxygen atoms in total. The zero-order valence-corrected chi connectivity index (χ0v) is 5.67. The molecule has 0 bridgehead atoms. The van der Waals surface area contributed by atoms with Crippen LogP contribution >= 0.6 is 11.6 Å². The number of rotatable bonds is 0. The molecule has 0 radical (unpaired) electrons. The molecule has 2 N–H and O–H groups in total. The van der Waals surface area contributed by atoms with Crippen LogP contribution in [0, 0.1) is 0 Å². The molecule has 0 spiro atoms. The van der Waals surface area contributed by atoms with Crippen LogP contribution in [0.15, 0.2) is 23.5 Å². The van der Waals surface area contributed by atoms with Crippen molar-refractivity contribution in [2.45, 2.75) is 0 Å². The SMILES string of the molecule is O=C(O)N1C=CC(Cl)=CN1.